The molecule has 0 spiro atoms. The molecule has 0 aliphatic carbocycles. The minimum Gasteiger partial charge on any atom is -0.158 e. The summed E-state index contributed by atoms with van der Waals surface area (Å²) >= 11 is 5.29. The second-order valence-electron chi connectivity index (χ2n) is 1.41. The molecule has 0 heterocycles. The highest BCUT2D eigenvalue weighted by Gasteiger charge is 1.82. The lowest BCUT2D eigenvalue weighted by molar-refractivity contribution is 1.14. The van der Waals surface area contributed by atoms with Crippen LogP contribution in [0.5, 0.6) is 0 Å². The van der Waals surface area contributed by atoms with Crippen molar-refractivity contribution < 1.29 is 0 Å². The largest absolute Gasteiger partial charge is 0.158 e. The van der Waals surface area contributed by atoms with Gasteiger partial charge in [0.2, 0.25) is 0 Å². The molecule has 0 nitrogen and oxygen atoms in total. The van der Waals surface area contributed by atoms with Crippen molar-refractivity contribution in [1.82, 2.24) is 0 Å². The predicted molar refractivity (Wildman–Crippen MR) is 45.9 cm³/mol. The molecule has 0 rings (SSSR count). The van der Waals surface area contributed by atoms with Crippen molar-refractivity contribution >= 4 is 27.7 Å². The third kappa shape index (κ3) is 6.57. The van der Waals surface area contributed by atoms with Crippen LogP contribution in [-0.2, 0) is 0 Å². The highest BCUT2D eigenvalue weighted by atomic mass is 79.9. The van der Waals surface area contributed by atoms with Crippen molar-refractivity contribution in [3.63, 3.8) is 0 Å². The van der Waals surface area contributed by atoms with Crippen LogP contribution in [0.2, 0.25) is 0 Å². The third-order valence-electron chi connectivity index (χ3n) is 0.658. The number of hydrogen-bond acceptors (Lipinski definition) is 1. The molecule has 0 aliphatic heterocycles. The summed E-state index contributed by atoms with van der Waals surface area (Å²) in [6.07, 6.45) is 3.21. The van der Waals surface area contributed by atoms with Gasteiger partial charge >= 0.3 is 0 Å². The summed E-state index contributed by atoms with van der Waals surface area (Å²) in [6.45, 7) is 3.63. The Morgan fingerprint density at radius 2 is 2.38 bits per heavy atom. The average Bonchev–Trinajstić information content (AvgIpc) is 1.81. The van der Waals surface area contributed by atoms with Gasteiger partial charge in [0, 0.05) is 11.1 Å². The van der Waals surface area contributed by atoms with E-state index in [-0.39, 0.29) is 0 Å². The van der Waals surface area contributed by atoms with E-state index in [4.69, 9.17) is 0 Å². The van der Waals surface area contributed by atoms with Crippen molar-refractivity contribution in [2.75, 3.05) is 16.8 Å². The summed E-state index contributed by atoms with van der Waals surface area (Å²) in [6, 6.07) is 0. The highest BCUT2D eigenvalue weighted by Crippen LogP contribution is 2.02. The first-order valence-corrected chi connectivity index (χ1v) is 4.94. The molecule has 0 amide bonds. The van der Waals surface area contributed by atoms with Crippen LogP contribution in [0.15, 0.2) is 12.7 Å². The zero-order chi connectivity index (χ0) is 6.24. The van der Waals surface area contributed by atoms with Crippen molar-refractivity contribution in [2.45, 2.75) is 6.42 Å². The fourth-order valence-corrected chi connectivity index (χ4v) is 1.66. The van der Waals surface area contributed by atoms with Gasteiger partial charge in [-0.25, -0.2) is 0 Å². The Morgan fingerprint density at radius 1 is 1.62 bits per heavy atom. The van der Waals surface area contributed by atoms with Gasteiger partial charge in [-0.2, -0.15) is 11.8 Å². The minimum absolute atomic E-state index is 1.09. The first-order chi connectivity index (χ1) is 3.91. The average molecular weight is 195 g/mol. The van der Waals surface area contributed by atoms with E-state index in [0.29, 0.717) is 0 Å². The Morgan fingerprint density at radius 3 is 2.88 bits per heavy atom. The Labute approximate surface area is 63.9 Å². The van der Waals surface area contributed by atoms with Gasteiger partial charge in [-0.15, -0.1) is 6.58 Å². The molecule has 0 aromatic carbocycles. The molecule has 0 radical (unpaired) electrons. The van der Waals surface area contributed by atoms with Crippen molar-refractivity contribution in [3.05, 3.63) is 12.7 Å². The van der Waals surface area contributed by atoms with E-state index in [1.54, 1.807) is 0 Å². The number of thioether (sulfide) groups is 1. The fraction of sp³-hybridized carbons (Fsp3) is 0.667. The second-order valence-corrected chi connectivity index (χ2v) is 3.35. The van der Waals surface area contributed by atoms with E-state index in [1.807, 2.05) is 17.8 Å². The van der Waals surface area contributed by atoms with E-state index in [2.05, 4.69) is 22.5 Å². The zero-order valence-electron chi connectivity index (χ0n) is 4.90. The topological polar surface area (TPSA) is 0 Å². The lowest BCUT2D eigenvalue weighted by Crippen LogP contribution is -1.79. The molecule has 48 valence electrons. The minimum atomic E-state index is 1.09. The summed E-state index contributed by atoms with van der Waals surface area (Å²) in [5, 5.41) is 1.12. The maximum absolute atomic E-state index is 3.63. The molecule has 0 N–H and O–H groups in total. The summed E-state index contributed by atoms with van der Waals surface area (Å²) in [5.74, 6) is 2.34. The number of alkyl halides is 1. The maximum atomic E-state index is 3.63. The Bertz CT molecular complexity index is 54.5. The van der Waals surface area contributed by atoms with Crippen LogP contribution < -0.4 is 0 Å². The zero-order valence-corrected chi connectivity index (χ0v) is 7.30. The Hall–Kier alpha value is 0.570. The van der Waals surface area contributed by atoms with Crippen LogP contribution >= 0.6 is 27.7 Å². The van der Waals surface area contributed by atoms with E-state index < -0.39 is 0 Å². The molecular weight excluding hydrogens is 184 g/mol. The van der Waals surface area contributed by atoms with E-state index >= 15 is 0 Å². The van der Waals surface area contributed by atoms with Crippen LogP contribution in [0.3, 0.4) is 0 Å². The van der Waals surface area contributed by atoms with Gasteiger partial charge in [-0.05, 0) is 12.2 Å². The quantitative estimate of drug-likeness (QED) is 0.369. The first-order valence-electron chi connectivity index (χ1n) is 2.66. The Kier molecular flexibility index (Phi) is 8.11. The van der Waals surface area contributed by atoms with Gasteiger partial charge in [0.15, 0.2) is 0 Å². The van der Waals surface area contributed by atoms with Crippen LogP contribution in [0.25, 0.3) is 0 Å². The molecule has 8 heavy (non-hydrogen) atoms. The van der Waals surface area contributed by atoms with Crippen molar-refractivity contribution in [3.8, 4) is 0 Å². The van der Waals surface area contributed by atoms with E-state index in [0.717, 1.165) is 11.1 Å². The van der Waals surface area contributed by atoms with Crippen LogP contribution in [0, 0.1) is 0 Å². The maximum Gasteiger partial charge on any atom is 0.0110 e. The molecule has 0 aliphatic rings. The normalized spacial score (nSPS) is 9.12. The number of hydrogen-bond donors (Lipinski definition) is 0. The van der Waals surface area contributed by atoms with Gasteiger partial charge in [0.25, 0.3) is 0 Å². The molecule has 0 aromatic heterocycles. The van der Waals surface area contributed by atoms with Crippen LogP contribution in [0.1, 0.15) is 6.42 Å². The predicted octanol–water partition coefficient (Wildman–Crippen LogP) is 2.69. The SMILES string of the molecule is C=CCSCCCBr. The van der Waals surface area contributed by atoms with Gasteiger partial charge in [0.1, 0.15) is 0 Å². The standard InChI is InChI=1S/C6H11BrS/c1-2-5-8-6-3-4-7/h2H,1,3-6H2. The smallest absolute Gasteiger partial charge is 0.0110 e. The van der Waals surface area contributed by atoms with Gasteiger partial charge in [0.05, 0.1) is 0 Å². The lowest BCUT2D eigenvalue weighted by Gasteiger charge is -1.91. The molecule has 0 unspecified atom stereocenters. The van der Waals surface area contributed by atoms with Crippen LogP contribution in [-0.4, -0.2) is 16.8 Å². The van der Waals surface area contributed by atoms with E-state index in [1.165, 1.54) is 12.2 Å². The summed E-state index contributed by atoms with van der Waals surface area (Å²) < 4.78 is 0. The molecule has 0 atom stereocenters. The highest BCUT2D eigenvalue weighted by molar-refractivity contribution is 9.09. The molecule has 0 bridgehead atoms. The third-order valence-corrected chi connectivity index (χ3v) is 2.27. The molecule has 0 saturated heterocycles. The molecule has 0 saturated carbocycles. The van der Waals surface area contributed by atoms with Crippen LogP contribution in [0.4, 0.5) is 0 Å². The fourth-order valence-electron chi connectivity index (χ4n) is 0.323. The summed E-state index contributed by atoms with van der Waals surface area (Å²) in [4.78, 5) is 0. The number of rotatable bonds is 5. The molecule has 2 heteroatoms. The summed E-state index contributed by atoms with van der Waals surface area (Å²) in [5.41, 5.74) is 0. The van der Waals surface area contributed by atoms with Gasteiger partial charge in [-0.3, -0.25) is 0 Å². The van der Waals surface area contributed by atoms with Gasteiger partial charge in [-0.1, -0.05) is 22.0 Å². The summed E-state index contributed by atoms with van der Waals surface area (Å²) in [7, 11) is 0. The van der Waals surface area contributed by atoms with Crippen molar-refractivity contribution in [2.24, 2.45) is 0 Å². The molecular formula is C6H11BrS. The molecule has 0 fully saturated rings. The first kappa shape index (κ1) is 8.57. The second kappa shape index (κ2) is 7.57. The lowest BCUT2D eigenvalue weighted by atomic mass is 10.6. The molecule has 0 aromatic rings. The van der Waals surface area contributed by atoms with Gasteiger partial charge < -0.3 is 0 Å². The van der Waals surface area contributed by atoms with Crippen molar-refractivity contribution in [1.29, 1.82) is 0 Å². The monoisotopic (exact) mass is 194 g/mol. The Balaban J connectivity index is 2.62. The number of halogens is 1. The van der Waals surface area contributed by atoms with E-state index in [9.17, 15) is 0 Å².